The quantitative estimate of drug-likeness (QED) is 0.393. The Morgan fingerprint density at radius 3 is 2.75 bits per heavy atom. The minimum Gasteiger partial charge on any atom is -0.453 e. The highest BCUT2D eigenvalue weighted by Gasteiger charge is 2.15. The predicted molar refractivity (Wildman–Crippen MR) is 75.2 cm³/mol. The molecule has 0 unspecified atom stereocenters. The molecule has 0 spiro atoms. The van der Waals surface area contributed by atoms with Gasteiger partial charge in [-0.15, -0.1) is 0 Å². The van der Waals surface area contributed by atoms with Crippen molar-refractivity contribution in [3.8, 4) is 11.5 Å². The zero-order valence-electron chi connectivity index (χ0n) is 10.6. The summed E-state index contributed by atoms with van der Waals surface area (Å²) in [6.45, 7) is 1.81. The molecule has 0 aliphatic heterocycles. The molecule has 104 valence electrons. The number of hydrogen-bond donors (Lipinski definition) is 2. The fraction of sp³-hybridized carbons (Fsp3) is 0.0714. The molecule has 0 atom stereocenters. The lowest BCUT2D eigenvalue weighted by Gasteiger charge is -2.12. The molecule has 4 nitrogen and oxygen atoms in total. The molecule has 0 fully saturated rings. The Labute approximate surface area is 120 Å². The van der Waals surface area contributed by atoms with E-state index in [1.165, 1.54) is 6.07 Å². The number of benzene rings is 2. The lowest BCUT2D eigenvalue weighted by molar-refractivity contribution is 0.318. The molecule has 0 aromatic heterocycles. The van der Waals surface area contributed by atoms with Crippen LogP contribution in [-0.2, 0) is 0 Å². The lowest BCUT2D eigenvalue weighted by Crippen LogP contribution is -2.15. The second kappa shape index (κ2) is 5.79. The number of ether oxygens (including phenoxy) is 1. The third kappa shape index (κ3) is 2.83. The van der Waals surface area contributed by atoms with E-state index in [0.717, 1.165) is 5.56 Å². The van der Waals surface area contributed by atoms with Crippen molar-refractivity contribution in [3.63, 3.8) is 0 Å². The Bertz CT molecular complexity index is 674. The first-order chi connectivity index (χ1) is 9.52. The van der Waals surface area contributed by atoms with E-state index < -0.39 is 5.82 Å². The third-order valence-electron chi connectivity index (χ3n) is 2.65. The van der Waals surface area contributed by atoms with Crippen LogP contribution in [0.3, 0.4) is 0 Å². The normalized spacial score (nSPS) is 11.4. The summed E-state index contributed by atoms with van der Waals surface area (Å²) in [5.41, 5.74) is 6.61. The summed E-state index contributed by atoms with van der Waals surface area (Å²) in [6.07, 6.45) is 0. The van der Waals surface area contributed by atoms with Crippen LogP contribution in [0.15, 0.2) is 41.6 Å². The fourth-order valence-corrected chi connectivity index (χ4v) is 1.96. The summed E-state index contributed by atoms with van der Waals surface area (Å²) in [7, 11) is 0. The van der Waals surface area contributed by atoms with Crippen molar-refractivity contribution < 1.29 is 14.3 Å². The average Bonchev–Trinajstić information content (AvgIpc) is 2.42. The van der Waals surface area contributed by atoms with Gasteiger partial charge in [-0.05, 0) is 36.8 Å². The summed E-state index contributed by atoms with van der Waals surface area (Å²) in [6, 6.07) is 9.23. The van der Waals surface area contributed by atoms with E-state index in [0.29, 0.717) is 0 Å². The Morgan fingerprint density at radius 1 is 1.30 bits per heavy atom. The average molecular weight is 295 g/mol. The van der Waals surface area contributed by atoms with Gasteiger partial charge >= 0.3 is 0 Å². The topological polar surface area (TPSA) is 67.8 Å². The van der Waals surface area contributed by atoms with Crippen molar-refractivity contribution in [2.45, 2.75) is 6.92 Å². The van der Waals surface area contributed by atoms with Crippen LogP contribution in [0.2, 0.25) is 5.02 Å². The van der Waals surface area contributed by atoms with Gasteiger partial charge in [0.2, 0.25) is 0 Å². The van der Waals surface area contributed by atoms with E-state index in [2.05, 4.69) is 5.16 Å². The summed E-state index contributed by atoms with van der Waals surface area (Å²) in [5, 5.41) is 11.9. The van der Waals surface area contributed by atoms with Crippen LogP contribution in [-0.4, -0.2) is 11.0 Å². The van der Waals surface area contributed by atoms with E-state index in [4.69, 9.17) is 27.3 Å². The second-order valence-electron chi connectivity index (χ2n) is 4.13. The number of oxime groups is 1. The zero-order valence-corrected chi connectivity index (χ0v) is 11.4. The first kappa shape index (κ1) is 14.1. The summed E-state index contributed by atoms with van der Waals surface area (Å²) < 4.78 is 19.2. The Kier molecular flexibility index (Phi) is 4.10. The molecular weight excluding hydrogens is 283 g/mol. The molecule has 2 aromatic carbocycles. The van der Waals surface area contributed by atoms with E-state index in [1.807, 2.05) is 6.92 Å². The molecule has 2 aromatic rings. The molecule has 0 aliphatic rings. The van der Waals surface area contributed by atoms with Gasteiger partial charge in [0.15, 0.2) is 17.4 Å². The number of aryl methyl sites for hydroxylation is 1. The van der Waals surface area contributed by atoms with Gasteiger partial charge in [0, 0.05) is 0 Å². The smallest absolute Gasteiger partial charge is 0.175 e. The maximum atomic E-state index is 13.7. The second-order valence-corrected chi connectivity index (χ2v) is 4.54. The molecule has 3 N–H and O–H groups in total. The number of nitrogens with two attached hydrogens (primary N) is 1. The number of halogens is 2. The molecule has 20 heavy (non-hydrogen) atoms. The largest absolute Gasteiger partial charge is 0.453 e. The number of rotatable bonds is 3. The molecule has 0 bridgehead atoms. The van der Waals surface area contributed by atoms with Gasteiger partial charge in [-0.2, -0.15) is 0 Å². The van der Waals surface area contributed by atoms with E-state index >= 15 is 0 Å². The predicted octanol–water partition coefficient (Wildman–Crippen LogP) is 3.67. The Morgan fingerprint density at radius 2 is 2.05 bits per heavy atom. The van der Waals surface area contributed by atoms with Crippen LogP contribution >= 0.6 is 11.6 Å². The molecule has 0 aliphatic carbocycles. The van der Waals surface area contributed by atoms with Crippen molar-refractivity contribution >= 4 is 17.4 Å². The highest BCUT2D eigenvalue weighted by Crippen LogP contribution is 2.31. The molecule has 0 radical (unpaired) electrons. The molecule has 0 saturated carbocycles. The molecule has 0 amide bonds. The summed E-state index contributed by atoms with van der Waals surface area (Å²) in [5.74, 6) is -0.476. The standard InChI is InChI=1S/C14H12ClFN2O2/c1-8-5-6-10(16)12(7-8)20-11-4-2-3-9(15)13(11)14(17)18-19/h2-7,19H,1H3,(H2,17,18). The van der Waals surface area contributed by atoms with Crippen molar-refractivity contribution in [3.05, 3.63) is 58.4 Å². The van der Waals surface area contributed by atoms with Gasteiger partial charge in [-0.1, -0.05) is 28.9 Å². The lowest BCUT2D eigenvalue weighted by atomic mass is 10.1. The van der Waals surface area contributed by atoms with Crippen LogP contribution < -0.4 is 10.5 Å². The number of amidine groups is 1. The van der Waals surface area contributed by atoms with E-state index in [1.54, 1.807) is 30.3 Å². The monoisotopic (exact) mass is 294 g/mol. The highest BCUT2D eigenvalue weighted by atomic mass is 35.5. The van der Waals surface area contributed by atoms with E-state index in [9.17, 15) is 4.39 Å². The minimum atomic E-state index is -0.513. The molecular formula is C14H12ClFN2O2. The van der Waals surface area contributed by atoms with Crippen molar-refractivity contribution in [2.24, 2.45) is 10.9 Å². The fourth-order valence-electron chi connectivity index (χ4n) is 1.70. The SMILES string of the molecule is Cc1ccc(F)c(Oc2cccc(Cl)c2C(N)=NO)c1. The van der Waals surface area contributed by atoms with Gasteiger partial charge < -0.3 is 15.7 Å². The van der Waals surface area contributed by atoms with Crippen LogP contribution in [0.1, 0.15) is 11.1 Å². The van der Waals surface area contributed by atoms with E-state index in [-0.39, 0.29) is 27.9 Å². The first-order valence-corrected chi connectivity index (χ1v) is 6.11. The maximum absolute atomic E-state index is 13.7. The molecule has 2 rings (SSSR count). The molecule has 0 saturated heterocycles. The third-order valence-corrected chi connectivity index (χ3v) is 2.96. The maximum Gasteiger partial charge on any atom is 0.175 e. The summed E-state index contributed by atoms with van der Waals surface area (Å²) >= 11 is 5.99. The summed E-state index contributed by atoms with van der Waals surface area (Å²) in [4.78, 5) is 0. The van der Waals surface area contributed by atoms with Gasteiger partial charge in [0.25, 0.3) is 0 Å². The van der Waals surface area contributed by atoms with Crippen LogP contribution in [0.4, 0.5) is 4.39 Å². The first-order valence-electron chi connectivity index (χ1n) is 5.73. The number of nitrogens with zero attached hydrogens (tertiary/aromatic N) is 1. The van der Waals surface area contributed by atoms with Crippen LogP contribution in [0.5, 0.6) is 11.5 Å². The van der Waals surface area contributed by atoms with Crippen molar-refractivity contribution in [1.29, 1.82) is 0 Å². The van der Waals surface area contributed by atoms with Gasteiger partial charge in [-0.3, -0.25) is 0 Å². The zero-order chi connectivity index (χ0) is 14.7. The van der Waals surface area contributed by atoms with Gasteiger partial charge in [0.1, 0.15) is 5.75 Å². The van der Waals surface area contributed by atoms with Crippen LogP contribution in [0, 0.1) is 12.7 Å². The van der Waals surface area contributed by atoms with Crippen molar-refractivity contribution in [2.75, 3.05) is 0 Å². The Balaban J connectivity index is 2.49. The molecule has 6 heteroatoms. The van der Waals surface area contributed by atoms with Crippen molar-refractivity contribution in [1.82, 2.24) is 0 Å². The minimum absolute atomic E-state index is 0.0410. The van der Waals surface area contributed by atoms with Gasteiger partial charge in [-0.25, -0.2) is 4.39 Å². The van der Waals surface area contributed by atoms with Gasteiger partial charge in [0.05, 0.1) is 10.6 Å². The molecule has 0 heterocycles. The highest BCUT2D eigenvalue weighted by molar-refractivity contribution is 6.34. The number of hydrogen-bond acceptors (Lipinski definition) is 3. The Hall–Kier alpha value is -2.27. The van der Waals surface area contributed by atoms with Crippen LogP contribution in [0.25, 0.3) is 0 Å².